The molecule has 26 heavy (non-hydrogen) atoms. The number of hydrogen-bond acceptors (Lipinski definition) is 5. The second kappa shape index (κ2) is 8.71. The molecule has 3 aromatic rings. The van der Waals surface area contributed by atoms with Gasteiger partial charge in [-0.15, -0.1) is 0 Å². The number of alkyl halides is 1. The van der Waals surface area contributed by atoms with Crippen LogP contribution in [0.1, 0.15) is 19.3 Å². The van der Waals surface area contributed by atoms with Crippen molar-refractivity contribution in [3.63, 3.8) is 0 Å². The number of aromatic nitrogens is 1. The monoisotopic (exact) mass is 417 g/mol. The number of rotatable bonds is 8. The molecule has 0 unspecified atom stereocenters. The molecule has 0 saturated heterocycles. The minimum absolute atomic E-state index is 0.00498. The number of carbonyl (C=O) groups is 1. The Labute approximate surface area is 160 Å². The van der Waals surface area contributed by atoms with Crippen LogP contribution in [0, 0.1) is 0 Å². The fraction of sp³-hybridized carbons (Fsp3) is 0.263. The molecule has 7 heteroatoms. The van der Waals surface area contributed by atoms with Gasteiger partial charge in [0.05, 0.1) is 7.11 Å². The van der Waals surface area contributed by atoms with Gasteiger partial charge in [-0.3, -0.25) is 4.79 Å². The Morgan fingerprint density at radius 3 is 2.65 bits per heavy atom. The van der Waals surface area contributed by atoms with Crippen molar-refractivity contribution >= 4 is 50.3 Å². The zero-order chi connectivity index (χ0) is 18.4. The molecule has 0 aliphatic carbocycles. The van der Waals surface area contributed by atoms with Gasteiger partial charge in [0.15, 0.2) is 5.58 Å². The van der Waals surface area contributed by atoms with E-state index in [0.29, 0.717) is 29.2 Å². The summed E-state index contributed by atoms with van der Waals surface area (Å²) in [5, 5.41) is 6.92. The number of nitrogens with one attached hydrogen (secondary N) is 2. The van der Waals surface area contributed by atoms with E-state index >= 15 is 0 Å². The van der Waals surface area contributed by atoms with Crippen molar-refractivity contribution in [3.8, 4) is 5.75 Å². The Bertz CT molecular complexity index is 877. The summed E-state index contributed by atoms with van der Waals surface area (Å²) in [5.74, 6) is 0.787. The summed E-state index contributed by atoms with van der Waals surface area (Å²) in [6.07, 6.45) is 2.35. The van der Waals surface area contributed by atoms with Crippen LogP contribution in [0.25, 0.3) is 11.1 Å². The highest BCUT2D eigenvalue weighted by atomic mass is 79.9. The van der Waals surface area contributed by atoms with E-state index in [1.165, 1.54) is 0 Å². The van der Waals surface area contributed by atoms with Crippen LogP contribution < -0.4 is 15.4 Å². The number of benzene rings is 2. The number of unbranched alkanes of at least 4 members (excludes halogenated alkanes) is 1. The van der Waals surface area contributed by atoms with Crippen LogP contribution in [-0.2, 0) is 4.79 Å². The molecule has 2 N–H and O–H groups in total. The summed E-state index contributed by atoms with van der Waals surface area (Å²) in [6.45, 7) is 0. The molecule has 0 spiro atoms. The zero-order valence-corrected chi connectivity index (χ0v) is 16.0. The van der Waals surface area contributed by atoms with E-state index in [4.69, 9.17) is 9.15 Å². The third-order valence-corrected chi connectivity index (χ3v) is 4.36. The van der Waals surface area contributed by atoms with Gasteiger partial charge in [-0.05, 0) is 55.3 Å². The summed E-state index contributed by atoms with van der Waals surface area (Å²) in [7, 11) is 1.63. The molecule has 1 amide bonds. The van der Waals surface area contributed by atoms with E-state index in [2.05, 4.69) is 31.5 Å². The fourth-order valence-corrected chi connectivity index (χ4v) is 2.86. The lowest BCUT2D eigenvalue weighted by Gasteiger charge is -2.04. The standard InChI is InChI=1S/C19H20BrN3O3/c1-25-15-8-5-13(6-9-15)22-19-23-16-12-14(7-10-17(16)26-19)21-18(24)4-2-3-11-20/h5-10,12H,2-4,11H2,1H3,(H,21,24)(H,22,23). The van der Waals surface area contributed by atoms with Crippen molar-refractivity contribution in [2.75, 3.05) is 23.1 Å². The van der Waals surface area contributed by atoms with E-state index < -0.39 is 0 Å². The molecule has 3 rings (SSSR count). The lowest BCUT2D eigenvalue weighted by molar-refractivity contribution is -0.116. The van der Waals surface area contributed by atoms with Gasteiger partial charge in [-0.2, -0.15) is 4.98 Å². The van der Waals surface area contributed by atoms with Crippen molar-refractivity contribution < 1.29 is 13.9 Å². The Hall–Kier alpha value is -2.54. The summed E-state index contributed by atoms with van der Waals surface area (Å²) in [6, 6.07) is 13.3. The molecule has 0 fully saturated rings. The quantitative estimate of drug-likeness (QED) is 0.394. The highest BCUT2D eigenvalue weighted by Gasteiger charge is 2.09. The first-order valence-corrected chi connectivity index (χ1v) is 9.47. The van der Waals surface area contributed by atoms with Crippen LogP contribution in [0.15, 0.2) is 46.9 Å². The topological polar surface area (TPSA) is 76.4 Å². The average Bonchev–Trinajstić information content (AvgIpc) is 3.04. The van der Waals surface area contributed by atoms with E-state index in [1.54, 1.807) is 19.2 Å². The fourth-order valence-electron chi connectivity index (χ4n) is 2.46. The van der Waals surface area contributed by atoms with Crippen LogP contribution in [0.5, 0.6) is 5.75 Å². The van der Waals surface area contributed by atoms with Crippen LogP contribution in [0.4, 0.5) is 17.4 Å². The van der Waals surface area contributed by atoms with Crippen molar-refractivity contribution in [2.24, 2.45) is 0 Å². The Balaban J connectivity index is 1.67. The highest BCUT2D eigenvalue weighted by Crippen LogP contribution is 2.25. The maximum Gasteiger partial charge on any atom is 0.300 e. The molecule has 0 atom stereocenters. The van der Waals surface area contributed by atoms with Crippen molar-refractivity contribution in [3.05, 3.63) is 42.5 Å². The molecule has 0 radical (unpaired) electrons. The number of amides is 1. The number of nitrogens with zero attached hydrogens (tertiary/aromatic N) is 1. The summed E-state index contributed by atoms with van der Waals surface area (Å²) in [4.78, 5) is 16.4. The molecule has 2 aromatic carbocycles. The molecule has 136 valence electrons. The minimum atomic E-state index is 0.00498. The van der Waals surface area contributed by atoms with Gasteiger partial charge in [0.1, 0.15) is 11.3 Å². The van der Waals surface area contributed by atoms with E-state index in [-0.39, 0.29) is 5.91 Å². The van der Waals surface area contributed by atoms with Gasteiger partial charge in [0, 0.05) is 23.1 Å². The lowest BCUT2D eigenvalue weighted by Crippen LogP contribution is -2.10. The smallest absolute Gasteiger partial charge is 0.300 e. The van der Waals surface area contributed by atoms with Crippen molar-refractivity contribution in [1.29, 1.82) is 0 Å². The molecule has 0 aliphatic rings. The molecule has 0 saturated carbocycles. The maximum absolute atomic E-state index is 11.9. The SMILES string of the molecule is COc1ccc(Nc2nc3cc(NC(=O)CCCCBr)ccc3o2)cc1. The first kappa shape index (κ1) is 18.3. The maximum atomic E-state index is 11.9. The first-order chi connectivity index (χ1) is 12.7. The zero-order valence-electron chi connectivity index (χ0n) is 14.4. The molecule has 1 heterocycles. The Morgan fingerprint density at radius 1 is 1.15 bits per heavy atom. The van der Waals surface area contributed by atoms with Crippen molar-refractivity contribution in [1.82, 2.24) is 4.98 Å². The van der Waals surface area contributed by atoms with E-state index in [9.17, 15) is 4.79 Å². The molecule has 0 bridgehead atoms. The van der Waals surface area contributed by atoms with E-state index in [1.807, 2.05) is 30.3 Å². The number of methoxy groups -OCH3 is 1. The predicted octanol–water partition coefficient (Wildman–Crippen LogP) is 5.08. The van der Waals surface area contributed by atoms with Crippen molar-refractivity contribution in [2.45, 2.75) is 19.3 Å². The van der Waals surface area contributed by atoms with Gasteiger partial charge in [-0.25, -0.2) is 0 Å². The normalized spacial score (nSPS) is 10.7. The number of carbonyl (C=O) groups excluding carboxylic acids is 1. The van der Waals surface area contributed by atoms with Gasteiger partial charge >= 0.3 is 0 Å². The summed E-state index contributed by atoms with van der Waals surface area (Å²) < 4.78 is 10.8. The lowest BCUT2D eigenvalue weighted by atomic mass is 10.2. The molecule has 6 nitrogen and oxygen atoms in total. The Morgan fingerprint density at radius 2 is 1.92 bits per heavy atom. The van der Waals surface area contributed by atoms with Crippen LogP contribution in [-0.4, -0.2) is 23.3 Å². The number of ether oxygens (including phenoxy) is 1. The van der Waals surface area contributed by atoms with Gasteiger partial charge in [0.2, 0.25) is 5.91 Å². The molecular weight excluding hydrogens is 398 g/mol. The largest absolute Gasteiger partial charge is 0.497 e. The Kier molecular flexibility index (Phi) is 6.12. The second-order valence-electron chi connectivity index (χ2n) is 5.75. The average molecular weight is 418 g/mol. The third-order valence-electron chi connectivity index (χ3n) is 3.80. The summed E-state index contributed by atoms with van der Waals surface area (Å²) >= 11 is 3.36. The number of anilines is 3. The second-order valence-corrected chi connectivity index (χ2v) is 6.54. The van der Waals surface area contributed by atoms with E-state index in [0.717, 1.165) is 29.6 Å². The van der Waals surface area contributed by atoms with Gasteiger partial charge < -0.3 is 19.8 Å². The van der Waals surface area contributed by atoms with Crippen LogP contribution in [0.2, 0.25) is 0 Å². The molecule has 1 aromatic heterocycles. The predicted molar refractivity (Wildman–Crippen MR) is 107 cm³/mol. The molecule has 0 aliphatic heterocycles. The van der Waals surface area contributed by atoms with Crippen LogP contribution in [0.3, 0.4) is 0 Å². The highest BCUT2D eigenvalue weighted by molar-refractivity contribution is 9.09. The molecular formula is C19H20BrN3O3. The number of hydrogen-bond donors (Lipinski definition) is 2. The third kappa shape index (κ3) is 4.76. The van der Waals surface area contributed by atoms with Gasteiger partial charge in [-0.1, -0.05) is 15.9 Å². The van der Waals surface area contributed by atoms with Crippen LogP contribution >= 0.6 is 15.9 Å². The first-order valence-electron chi connectivity index (χ1n) is 8.35. The van der Waals surface area contributed by atoms with Gasteiger partial charge in [0.25, 0.3) is 6.01 Å². The number of fused-ring (bicyclic) bond motifs is 1. The minimum Gasteiger partial charge on any atom is -0.497 e. The number of oxazole rings is 1. The number of halogens is 1. The summed E-state index contributed by atoms with van der Waals surface area (Å²) in [5.41, 5.74) is 2.89.